The smallest absolute Gasteiger partial charge is 0.317 e. The summed E-state index contributed by atoms with van der Waals surface area (Å²) >= 11 is 0. The first-order valence-corrected chi connectivity index (χ1v) is 9.05. The second kappa shape index (κ2) is 8.36. The Balaban J connectivity index is 2.42. The molecule has 6 nitrogen and oxygen atoms in total. The third-order valence-electron chi connectivity index (χ3n) is 4.12. The average Bonchev–Trinajstić information content (AvgIpc) is 2.47. The Labute approximate surface area is 128 Å². The van der Waals surface area contributed by atoms with E-state index in [1.54, 1.807) is 4.90 Å². The van der Waals surface area contributed by atoms with Crippen LogP contribution < -0.4 is 5.32 Å². The molecule has 0 aromatic heterocycles. The molecule has 0 aromatic rings. The van der Waals surface area contributed by atoms with Crippen molar-refractivity contribution in [2.75, 3.05) is 31.1 Å². The maximum atomic E-state index is 12.0. The number of hydrogen-bond donors (Lipinski definition) is 2. The summed E-state index contributed by atoms with van der Waals surface area (Å²) in [6.07, 6.45) is 2.50. The summed E-state index contributed by atoms with van der Waals surface area (Å²) in [5, 5.41) is 12.2. The fourth-order valence-electron chi connectivity index (χ4n) is 2.72. The zero-order chi connectivity index (χ0) is 15.9. The molecule has 0 bridgehead atoms. The molecule has 1 unspecified atom stereocenters. The standard InChI is InChI=1S/C14H26N2O4S/c1-3-5-14(12(17)18)6-9-16(10-7-14)13(19)15-8-11-21(20)4-2/h3-11H2,1-2H3,(H,15,19)(H,17,18). The topological polar surface area (TPSA) is 86.7 Å². The first-order valence-electron chi connectivity index (χ1n) is 7.56. The van der Waals surface area contributed by atoms with E-state index < -0.39 is 22.2 Å². The molecule has 1 aliphatic heterocycles. The molecule has 0 radical (unpaired) electrons. The lowest BCUT2D eigenvalue weighted by atomic mass is 9.75. The van der Waals surface area contributed by atoms with E-state index in [-0.39, 0.29) is 6.03 Å². The number of carbonyl (C=O) groups excluding carboxylic acids is 1. The number of carboxylic acid groups (broad SMARTS) is 1. The van der Waals surface area contributed by atoms with Crippen molar-refractivity contribution in [1.29, 1.82) is 0 Å². The fraction of sp³-hybridized carbons (Fsp3) is 0.857. The maximum absolute atomic E-state index is 12.0. The van der Waals surface area contributed by atoms with Crippen LogP contribution in [0.2, 0.25) is 0 Å². The Morgan fingerprint density at radius 1 is 1.29 bits per heavy atom. The lowest BCUT2D eigenvalue weighted by Gasteiger charge is -2.38. The van der Waals surface area contributed by atoms with Crippen molar-refractivity contribution in [1.82, 2.24) is 10.2 Å². The van der Waals surface area contributed by atoms with Gasteiger partial charge in [-0.25, -0.2) is 4.79 Å². The monoisotopic (exact) mass is 318 g/mol. The Morgan fingerprint density at radius 3 is 2.38 bits per heavy atom. The third kappa shape index (κ3) is 4.98. The summed E-state index contributed by atoms with van der Waals surface area (Å²) < 4.78 is 11.3. The first-order chi connectivity index (χ1) is 9.95. The summed E-state index contributed by atoms with van der Waals surface area (Å²) in [6.45, 7) is 5.16. The van der Waals surface area contributed by atoms with Crippen LogP contribution in [0, 0.1) is 5.41 Å². The van der Waals surface area contributed by atoms with E-state index in [0.717, 1.165) is 6.42 Å². The van der Waals surface area contributed by atoms with Crippen molar-refractivity contribution < 1.29 is 18.9 Å². The number of carbonyl (C=O) groups is 2. The lowest BCUT2D eigenvalue weighted by Crippen LogP contribution is -2.50. The summed E-state index contributed by atoms with van der Waals surface area (Å²) in [5.41, 5.74) is -0.671. The Kier molecular flexibility index (Phi) is 7.14. The van der Waals surface area contributed by atoms with Gasteiger partial charge in [0.2, 0.25) is 0 Å². The molecule has 1 fully saturated rings. The molecule has 21 heavy (non-hydrogen) atoms. The minimum absolute atomic E-state index is 0.182. The van der Waals surface area contributed by atoms with Crippen LogP contribution in [0.5, 0.6) is 0 Å². The molecular weight excluding hydrogens is 292 g/mol. The number of rotatable bonds is 7. The molecule has 0 aromatic carbocycles. The number of nitrogens with zero attached hydrogens (tertiary/aromatic N) is 1. The highest BCUT2D eigenvalue weighted by Gasteiger charge is 2.41. The van der Waals surface area contributed by atoms with Crippen molar-refractivity contribution >= 4 is 22.8 Å². The number of nitrogens with one attached hydrogen (secondary N) is 1. The molecule has 122 valence electrons. The Hall–Kier alpha value is -1.11. The van der Waals surface area contributed by atoms with E-state index in [2.05, 4.69) is 5.32 Å². The molecule has 2 amide bonds. The van der Waals surface area contributed by atoms with E-state index in [1.807, 2.05) is 13.8 Å². The molecule has 1 rings (SSSR count). The van der Waals surface area contributed by atoms with Gasteiger partial charge in [-0.1, -0.05) is 20.3 Å². The Morgan fingerprint density at radius 2 is 1.90 bits per heavy atom. The van der Waals surface area contributed by atoms with Crippen LogP contribution in [-0.4, -0.2) is 57.4 Å². The van der Waals surface area contributed by atoms with Gasteiger partial charge in [-0.05, 0) is 19.3 Å². The van der Waals surface area contributed by atoms with E-state index in [9.17, 15) is 18.9 Å². The van der Waals surface area contributed by atoms with E-state index in [4.69, 9.17) is 0 Å². The van der Waals surface area contributed by atoms with Crippen LogP contribution in [-0.2, 0) is 15.6 Å². The number of urea groups is 1. The van der Waals surface area contributed by atoms with Gasteiger partial charge in [-0.15, -0.1) is 0 Å². The highest BCUT2D eigenvalue weighted by molar-refractivity contribution is 7.84. The van der Waals surface area contributed by atoms with Gasteiger partial charge in [-0.3, -0.25) is 9.00 Å². The molecule has 1 saturated heterocycles. The van der Waals surface area contributed by atoms with Crippen LogP contribution in [0.25, 0.3) is 0 Å². The zero-order valence-electron chi connectivity index (χ0n) is 12.9. The fourth-order valence-corrected chi connectivity index (χ4v) is 3.33. The van der Waals surface area contributed by atoms with E-state index in [0.29, 0.717) is 50.4 Å². The first kappa shape index (κ1) is 17.9. The molecule has 0 spiro atoms. The quantitative estimate of drug-likeness (QED) is 0.743. The lowest BCUT2D eigenvalue weighted by molar-refractivity contribution is -0.152. The van der Waals surface area contributed by atoms with E-state index >= 15 is 0 Å². The molecule has 1 atom stereocenters. The number of hydrogen-bond acceptors (Lipinski definition) is 3. The average molecular weight is 318 g/mol. The molecule has 1 heterocycles. The summed E-state index contributed by atoms with van der Waals surface area (Å²) in [6, 6.07) is -0.182. The van der Waals surface area contributed by atoms with Crippen molar-refractivity contribution in [3.63, 3.8) is 0 Å². The van der Waals surface area contributed by atoms with Gasteiger partial charge in [0.1, 0.15) is 0 Å². The number of aliphatic carboxylic acids is 1. The summed E-state index contributed by atoms with van der Waals surface area (Å²) in [4.78, 5) is 25.1. The van der Waals surface area contributed by atoms with Gasteiger partial charge in [0, 0.05) is 41.9 Å². The SMILES string of the molecule is CCCC1(C(=O)O)CCN(C(=O)NCCS(=O)CC)CC1. The van der Waals surface area contributed by atoms with Crippen LogP contribution >= 0.6 is 0 Å². The summed E-state index contributed by atoms with van der Waals surface area (Å²) in [7, 11) is -0.881. The Bertz CT molecular complexity index is 392. The maximum Gasteiger partial charge on any atom is 0.317 e. The van der Waals surface area contributed by atoms with Crippen LogP contribution in [0.15, 0.2) is 0 Å². The largest absolute Gasteiger partial charge is 0.481 e. The van der Waals surface area contributed by atoms with Crippen LogP contribution in [0.4, 0.5) is 4.79 Å². The van der Waals surface area contributed by atoms with E-state index in [1.165, 1.54) is 0 Å². The summed E-state index contributed by atoms with van der Waals surface area (Å²) in [5.74, 6) is 0.311. The van der Waals surface area contributed by atoms with Gasteiger partial charge >= 0.3 is 12.0 Å². The predicted octanol–water partition coefficient (Wildman–Crippen LogP) is 1.43. The van der Waals surface area contributed by atoms with Crippen LogP contribution in [0.1, 0.15) is 39.5 Å². The predicted molar refractivity (Wildman–Crippen MR) is 82.7 cm³/mol. The van der Waals surface area contributed by atoms with Crippen molar-refractivity contribution in [2.24, 2.45) is 5.41 Å². The van der Waals surface area contributed by atoms with Gasteiger partial charge in [0.15, 0.2) is 0 Å². The van der Waals surface area contributed by atoms with Gasteiger partial charge in [0.25, 0.3) is 0 Å². The molecule has 2 N–H and O–H groups in total. The number of carboxylic acids is 1. The molecular formula is C14H26N2O4S. The molecule has 0 aliphatic carbocycles. The van der Waals surface area contributed by atoms with Gasteiger partial charge in [-0.2, -0.15) is 0 Å². The number of amides is 2. The minimum Gasteiger partial charge on any atom is -0.481 e. The van der Waals surface area contributed by atoms with Crippen molar-refractivity contribution in [2.45, 2.75) is 39.5 Å². The number of likely N-dealkylation sites (tertiary alicyclic amines) is 1. The second-order valence-corrected chi connectivity index (χ2v) is 7.35. The highest BCUT2D eigenvalue weighted by Crippen LogP contribution is 2.36. The third-order valence-corrected chi connectivity index (χ3v) is 5.42. The van der Waals surface area contributed by atoms with Crippen molar-refractivity contribution in [3.05, 3.63) is 0 Å². The van der Waals surface area contributed by atoms with Crippen LogP contribution in [0.3, 0.4) is 0 Å². The minimum atomic E-state index is -0.881. The second-order valence-electron chi connectivity index (χ2n) is 5.49. The molecule has 1 aliphatic rings. The number of piperidine rings is 1. The van der Waals surface area contributed by atoms with Gasteiger partial charge in [0.05, 0.1) is 5.41 Å². The highest BCUT2D eigenvalue weighted by atomic mass is 32.2. The molecule has 0 saturated carbocycles. The zero-order valence-corrected chi connectivity index (χ0v) is 13.7. The normalized spacial score (nSPS) is 19.0. The van der Waals surface area contributed by atoms with Gasteiger partial charge < -0.3 is 15.3 Å². The van der Waals surface area contributed by atoms with Crippen molar-refractivity contribution in [3.8, 4) is 0 Å². The molecule has 7 heteroatoms.